The normalized spacial score (nSPS) is 20.1. The first-order valence-corrected chi connectivity index (χ1v) is 11.8. The smallest absolute Gasteiger partial charge is 0 e. The average Bonchev–Trinajstić information content (AvgIpc) is 3.18. The van der Waals surface area contributed by atoms with Crippen LogP contribution in [0.3, 0.4) is 0 Å². The molecule has 0 amide bonds. The third-order valence-corrected chi connectivity index (χ3v) is 7.54. The fourth-order valence-corrected chi connectivity index (χ4v) is 5.95. The van der Waals surface area contributed by atoms with Crippen LogP contribution in [0.2, 0.25) is 0 Å². The molecule has 0 nitrogen and oxygen atoms in total. The summed E-state index contributed by atoms with van der Waals surface area (Å²) in [6.45, 7) is 0. The fourth-order valence-electron chi connectivity index (χ4n) is 5.95. The van der Waals surface area contributed by atoms with Gasteiger partial charge in [0.25, 0.3) is 0 Å². The first-order valence-electron chi connectivity index (χ1n) is 11.8. The molecule has 0 heterocycles. The van der Waals surface area contributed by atoms with Crippen LogP contribution >= 0.6 is 0 Å². The molecule has 2 saturated carbocycles. The second-order valence-corrected chi connectivity index (χ2v) is 9.52. The molecule has 2 fully saturated rings. The molecule has 0 saturated heterocycles. The molecule has 3 aliphatic rings. The Morgan fingerprint density at radius 2 is 1.41 bits per heavy atom. The van der Waals surface area contributed by atoms with Crippen molar-refractivity contribution < 1.29 is 26.2 Å². The first-order chi connectivity index (χ1) is 13.9. The summed E-state index contributed by atoms with van der Waals surface area (Å²) in [6.07, 6.45) is 19.3. The van der Waals surface area contributed by atoms with E-state index in [4.69, 9.17) is 0 Å². The number of benzene rings is 2. The van der Waals surface area contributed by atoms with Crippen LogP contribution in [0, 0.1) is 5.92 Å². The van der Waals surface area contributed by atoms with E-state index in [1.165, 1.54) is 93.7 Å². The van der Waals surface area contributed by atoms with Crippen LogP contribution in [0.15, 0.2) is 48.0 Å². The van der Waals surface area contributed by atoms with Crippen molar-refractivity contribution in [3.8, 4) is 11.1 Å². The summed E-state index contributed by atoms with van der Waals surface area (Å²) in [4.78, 5) is 0. The second kappa shape index (κ2) is 9.91. The van der Waals surface area contributed by atoms with E-state index in [1.54, 1.807) is 16.7 Å². The summed E-state index contributed by atoms with van der Waals surface area (Å²) >= 11 is 0. The van der Waals surface area contributed by atoms with Crippen molar-refractivity contribution in [3.05, 3.63) is 64.7 Å². The maximum Gasteiger partial charge on any atom is 0 e. The molecule has 0 spiro atoms. The van der Waals surface area contributed by atoms with Crippen molar-refractivity contribution in [2.45, 2.75) is 83.0 Å². The molecule has 2 aromatic rings. The third-order valence-electron chi connectivity index (χ3n) is 7.54. The molecule has 1 heteroatoms. The van der Waals surface area contributed by atoms with Gasteiger partial charge in [-0.15, -0.1) is 0 Å². The SMILES string of the molecule is C1=C(CC2CCCCC2)Cc2cccc(-c3ccc(C4CCCCC4)cc3)c21.[Zr]. The molecule has 0 atom stereocenters. The Morgan fingerprint density at radius 1 is 0.724 bits per heavy atom. The molecule has 29 heavy (non-hydrogen) atoms. The predicted molar refractivity (Wildman–Crippen MR) is 121 cm³/mol. The van der Waals surface area contributed by atoms with E-state index >= 15 is 0 Å². The summed E-state index contributed by atoms with van der Waals surface area (Å²) in [7, 11) is 0. The summed E-state index contributed by atoms with van der Waals surface area (Å²) < 4.78 is 0. The van der Waals surface area contributed by atoms with E-state index < -0.39 is 0 Å². The van der Waals surface area contributed by atoms with Crippen molar-refractivity contribution in [1.29, 1.82) is 0 Å². The summed E-state index contributed by atoms with van der Waals surface area (Å²) in [5.74, 6) is 1.74. The Bertz CT molecular complexity index is 833. The second-order valence-electron chi connectivity index (χ2n) is 9.52. The maximum atomic E-state index is 2.54. The van der Waals surface area contributed by atoms with Crippen molar-refractivity contribution >= 4 is 6.08 Å². The van der Waals surface area contributed by atoms with Gasteiger partial charge in [0.2, 0.25) is 0 Å². The van der Waals surface area contributed by atoms with Crippen molar-refractivity contribution in [2.75, 3.05) is 0 Å². The van der Waals surface area contributed by atoms with Gasteiger partial charge >= 0.3 is 0 Å². The van der Waals surface area contributed by atoms with Crippen LogP contribution in [-0.2, 0) is 32.6 Å². The van der Waals surface area contributed by atoms with E-state index in [0.29, 0.717) is 0 Å². The van der Waals surface area contributed by atoms with Crippen LogP contribution in [0.1, 0.15) is 93.2 Å². The zero-order valence-corrected chi connectivity index (χ0v) is 20.2. The topological polar surface area (TPSA) is 0 Å². The Balaban J connectivity index is 0.00000205. The van der Waals surface area contributed by atoms with Crippen molar-refractivity contribution in [2.24, 2.45) is 5.92 Å². The summed E-state index contributed by atoms with van der Waals surface area (Å²) in [5.41, 5.74) is 9.11. The van der Waals surface area contributed by atoms with Crippen LogP contribution in [0.5, 0.6) is 0 Å². The van der Waals surface area contributed by atoms with Gasteiger partial charge in [0.15, 0.2) is 0 Å². The van der Waals surface area contributed by atoms with E-state index in [0.717, 1.165) is 11.8 Å². The molecule has 0 bridgehead atoms. The molecule has 150 valence electrons. The largest absolute Gasteiger partial charge is 0.0649 e. The molecule has 3 aliphatic carbocycles. The van der Waals surface area contributed by atoms with E-state index in [1.807, 2.05) is 0 Å². The van der Waals surface area contributed by atoms with Gasteiger partial charge in [-0.1, -0.05) is 105 Å². The van der Waals surface area contributed by atoms with Gasteiger partial charge in [-0.05, 0) is 65.3 Å². The molecular formula is C28H34Zr. The van der Waals surface area contributed by atoms with Crippen LogP contribution in [0.25, 0.3) is 17.2 Å². The molecule has 0 radical (unpaired) electrons. The number of fused-ring (bicyclic) bond motifs is 1. The molecular weight excluding hydrogens is 428 g/mol. The number of hydrogen-bond donors (Lipinski definition) is 0. The van der Waals surface area contributed by atoms with Crippen LogP contribution < -0.4 is 0 Å². The van der Waals surface area contributed by atoms with Crippen LogP contribution in [-0.4, -0.2) is 0 Å². The van der Waals surface area contributed by atoms with Crippen molar-refractivity contribution in [1.82, 2.24) is 0 Å². The molecule has 0 aliphatic heterocycles. The number of rotatable bonds is 4. The minimum absolute atomic E-state index is 0. The molecule has 0 unspecified atom stereocenters. The first kappa shape index (κ1) is 21.3. The Labute approximate surface area is 196 Å². The third kappa shape index (κ3) is 4.87. The standard InChI is InChI=1S/C28H34.Zr/c1-3-8-21(9-4-1)18-22-19-26-12-7-13-27(28(26)20-22)25-16-14-24(15-17-25)23-10-5-2-6-11-23;/h7,12-17,20-21,23H,1-6,8-11,18-19H2;. The van der Waals surface area contributed by atoms with Gasteiger partial charge in [-0.2, -0.15) is 0 Å². The Kier molecular flexibility index (Phi) is 7.28. The van der Waals surface area contributed by atoms with Crippen LogP contribution in [0.4, 0.5) is 0 Å². The Morgan fingerprint density at radius 3 is 2.14 bits per heavy atom. The monoisotopic (exact) mass is 460 g/mol. The summed E-state index contributed by atoms with van der Waals surface area (Å²) in [5, 5.41) is 0. The maximum absolute atomic E-state index is 2.54. The van der Waals surface area contributed by atoms with Gasteiger partial charge in [0.05, 0.1) is 0 Å². The van der Waals surface area contributed by atoms with Crippen molar-refractivity contribution in [3.63, 3.8) is 0 Å². The van der Waals surface area contributed by atoms with Gasteiger partial charge in [0, 0.05) is 26.2 Å². The van der Waals surface area contributed by atoms with Gasteiger partial charge in [0.1, 0.15) is 0 Å². The molecule has 5 rings (SSSR count). The summed E-state index contributed by atoms with van der Waals surface area (Å²) in [6, 6.07) is 16.5. The van der Waals surface area contributed by atoms with E-state index in [2.05, 4.69) is 48.5 Å². The zero-order valence-electron chi connectivity index (χ0n) is 17.8. The van der Waals surface area contributed by atoms with Gasteiger partial charge in [-0.3, -0.25) is 0 Å². The molecule has 0 aromatic heterocycles. The quantitative estimate of drug-likeness (QED) is 0.429. The van der Waals surface area contributed by atoms with E-state index in [9.17, 15) is 0 Å². The Hall–Kier alpha value is -0.937. The van der Waals surface area contributed by atoms with Gasteiger partial charge in [-0.25, -0.2) is 0 Å². The fraction of sp³-hybridized carbons (Fsp3) is 0.500. The molecule has 0 N–H and O–H groups in total. The minimum Gasteiger partial charge on any atom is -0.0649 e. The predicted octanol–water partition coefficient (Wildman–Crippen LogP) is 8.31. The zero-order chi connectivity index (χ0) is 18.8. The van der Waals surface area contributed by atoms with E-state index in [-0.39, 0.29) is 26.2 Å². The average molecular weight is 462 g/mol. The molecule has 2 aromatic carbocycles. The van der Waals surface area contributed by atoms with Gasteiger partial charge < -0.3 is 0 Å². The number of hydrogen-bond acceptors (Lipinski definition) is 0. The minimum atomic E-state index is 0. The number of allylic oxidation sites excluding steroid dienone is 1.